The highest BCUT2D eigenvalue weighted by Crippen LogP contribution is 2.24. The van der Waals surface area contributed by atoms with E-state index in [1.54, 1.807) is 0 Å². The van der Waals surface area contributed by atoms with E-state index in [9.17, 15) is 17.6 Å². The summed E-state index contributed by atoms with van der Waals surface area (Å²) >= 11 is 0. The zero-order valence-electron chi connectivity index (χ0n) is 14.9. The Bertz CT molecular complexity index is 739. The zero-order chi connectivity index (χ0) is 18.7. The minimum absolute atomic E-state index is 0.0602. The van der Waals surface area contributed by atoms with Crippen molar-refractivity contribution in [3.05, 3.63) is 30.1 Å². The molecule has 0 radical (unpaired) electrons. The highest BCUT2D eigenvalue weighted by atomic mass is 32.2. The second-order valence-corrected chi connectivity index (χ2v) is 9.18. The van der Waals surface area contributed by atoms with Crippen molar-refractivity contribution in [2.45, 2.75) is 37.1 Å². The average Bonchev–Trinajstić information content (AvgIpc) is 2.64. The van der Waals surface area contributed by atoms with Gasteiger partial charge in [0.2, 0.25) is 15.9 Å². The van der Waals surface area contributed by atoms with Crippen molar-refractivity contribution in [3.8, 4) is 0 Å². The van der Waals surface area contributed by atoms with Gasteiger partial charge in [0.05, 0.1) is 10.8 Å². The fourth-order valence-electron chi connectivity index (χ4n) is 3.61. The number of benzene rings is 1. The van der Waals surface area contributed by atoms with Crippen LogP contribution >= 0.6 is 0 Å². The number of piperidine rings is 2. The van der Waals surface area contributed by atoms with Crippen LogP contribution in [0, 0.1) is 17.7 Å². The van der Waals surface area contributed by atoms with Crippen LogP contribution in [0.2, 0.25) is 0 Å². The Labute approximate surface area is 154 Å². The van der Waals surface area contributed by atoms with E-state index < -0.39 is 15.8 Å². The number of nitrogens with zero attached hydrogens (tertiary/aromatic N) is 1. The van der Waals surface area contributed by atoms with Crippen molar-refractivity contribution in [1.82, 2.24) is 14.9 Å². The normalized spacial score (nSPS) is 27.8. The summed E-state index contributed by atoms with van der Waals surface area (Å²) in [4.78, 5) is 12.7. The number of carbonyl (C=O) groups is 1. The average molecular weight is 383 g/mol. The molecule has 2 N–H and O–H groups in total. The van der Waals surface area contributed by atoms with E-state index in [2.05, 4.69) is 17.6 Å². The number of carbonyl (C=O) groups excluding carboxylic acids is 1. The molecule has 3 rings (SSSR count). The van der Waals surface area contributed by atoms with Gasteiger partial charge >= 0.3 is 0 Å². The minimum Gasteiger partial charge on any atom is -0.352 e. The number of hydrogen-bond donors (Lipinski definition) is 2. The van der Waals surface area contributed by atoms with Gasteiger partial charge < -0.3 is 10.6 Å². The maximum absolute atomic E-state index is 13.1. The van der Waals surface area contributed by atoms with Crippen molar-refractivity contribution < 1.29 is 17.6 Å². The fraction of sp³-hybridized carbons (Fsp3) is 0.611. The van der Waals surface area contributed by atoms with Crippen LogP contribution < -0.4 is 10.6 Å². The van der Waals surface area contributed by atoms with E-state index in [4.69, 9.17) is 0 Å². The molecule has 0 bridgehead atoms. The summed E-state index contributed by atoms with van der Waals surface area (Å²) in [5.41, 5.74) is 0. The molecular formula is C18H26FN3O3S. The number of halogens is 1. The first kappa shape index (κ1) is 19.3. The SMILES string of the molecule is CC1CCNCC1NC(=O)C1CCCN(S(=O)(=O)c2ccc(F)cc2)C1. The highest BCUT2D eigenvalue weighted by molar-refractivity contribution is 7.89. The topological polar surface area (TPSA) is 78.5 Å². The Morgan fingerprint density at radius 2 is 2.00 bits per heavy atom. The van der Waals surface area contributed by atoms with Gasteiger partial charge in [0.1, 0.15) is 5.82 Å². The predicted octanol–water partition coefficient (Wildman–Crippen LogP) is 1.34. The third kappa shape index (κ3) is 4.24. The van der Waals surface area contributed by atoms with Crippen molar-refractivity contribution in [2.24, 2.45) is 11.8 Å². The van der Waals surface area contributed by atoms with Crippen molar-refractivity contribution in [1.29, 1.82) is 0 Å². The van der Waals surface area contributed by atoms with Gasteiger partial charge in [0.15, 0.2) is 0 Å². The molecule has 3 unspecified atom stereocenters. The van der Waals surface area contributed by atoms with Gasteiger partial charge in [-0.2, -0.15) is 4.31 Å². The molecule has 2 aliphatic heterocycles. The highest BCUT2D eigenvalue weighted by Gasteiger charge is 2.34. The van der Waals surface area contributed by atoms with Crippen LogP contribution in [0.4, 0.5) is 4.39 Å². The van der Waals surface area contributed by atoms with Crippen LogP contribution in [0.25, 0.3) is 0 Å². The van der Waals surface area contributed by atoms with E-state index in [0.717, 1.165) is 31.6 Å². The fourth-order valence-corrected chi connectivity index (χ4v) is 5.14. The van der Waals surface area contributed by atoms with Gasteiger partial charge in [-0.3, -0.25) is 4.79 Å². The molecule has 2 fully saturated rings. The molecule has 0 aliphatic carbocycles. The summed E-state index contributed by atoms with van der Waals surface area (Å²) in [7, 11) is -3.71. The first-order chi connectivity index (χ1) is 12.4. The number of nitrogens with one attached hydrogen (secondary N) is 2. The van der Waals surface area contributed by atoms with Gasteiger partial charge in [-0.25, -0.2) is 12.8 Å². The van der Waals surface area contributed by atoms with Crippen molar-refractivity contribution in [2.75, 3.05) is 26.2 Å². The molecule has 0 aromatic heterocycles. The summed E-state index contributed by atoms with van der Waals surface area (Å²) in [6.45, 7) is 4.38. The lowest BCUT2D eigenvalue weighted by atomic mass is 9.93. The van der Waals surface area contributed by atoms with Gasteiger partial charge in [-0.1, -0.05) is 6.92 Å². The third-order valence-corrected chi connectivity index (χ3v) is 7.24. The number of amides is 1. The van der Waals surface area contributed by atoms with Crippen molar-refractivity contribution >= 4 is 15.9 Å². The van der Waals surface area contributed by atoms with E-state index in [-0.39, 0.29) is 29.3 Å². The first-order valence-electron chi connectivity index (χ1n) is 9.15. The van der Waals surface area contributed by atoms with E-state index in [0.29, 0.717) is 25.3 Å². The molecule has 2 aliphatic rings. The largest absolute Gasteiger partial charge is 0.352 e. The molecular weight excluding hydrogens is 357 g/mol. The van der Waals surface area contributed by atoms with Gasteiger partial charge in [-0.05, 0) is 56.0 Å². The van der Waals surface area contributed by atoms with Crippen LogP contribution in [-0.2, 0) is 14.8 Å². The second-order valence-electron chi connectivity index (χ2n) is 7.24. The molecule has 1 aromatic carbocycles. The lowest BCUT2D eigenvalue weighted by Crippen LogP contribution is -2.53. The first-order valence-corrected chi connectivity index (χ1v) is 10.6. The maximum Gasteiger partial charge on any atom is 0.243 e. The van der Waals surface area contributed by atoms with Crippen LogP contribution in [0.5, 0.6) is 0 Å². The summed E-state index contributed by atoms with van der Waals surface area (Å²) < 4.78 is 40.0. The molecule has 26 heavy (non-hydrogen) atoms. The Morgan fingerprint density at radius 1 is 1.27 bits per heavy atom. The van der Waals surface area contributed by atoms with E-state index in [1.807, 2.05) is 0 Å². The Hall–Kier alpha value is -1.51. The van der Waals surface area contributed by atoms with E-state index in [1.165, 1.54) is 16.4 Å². The standard InChI is InChI=1S/C18H26FN3O3S/c1-13-8-9-20-11-17(13)21-18(23)14-3-2-10-22(12-14)26(24,25)16-6-4-15(19)5-7-16/h4-7,13-14,17,20H,2-3,8-12H2,1H3,(H,21,23). The number of hydrogen-bond acceptors (Lipinski definition) is 4. The maximum atomic E-state index is 13.1. The minimum atomic E-state index is -3.71. The zero-order valence-corrected chi connectivity index (χ0v) is 15.8. The summed E-state index contributed by atoms with van der Waals surface area (Å²) in [5.74, 6) is -0.504. The summed E-state index contributed by atoms with van der Waals surface area (Å²) in [6.07, 6.45) is 2.33. The molecule has 1 aromatic rings. The third-order valence-electron chi connectivity index (χ3n) is 5.36. The van der Waals surface area contributed by atoms with E-state index >= 15 is 0 Å². The Kier molecular flexibility index (Phi) is 5.94. The van der Waals surface area contributed by atoms with Crippen LogP contribution in [-0.4, -0.2) is 50.9 Å². The molecule has 144 valence electrons. The molecule has 0 saturated carbocycles. The Balaban J connectivity index is 1.66. The van der Waals surface area contributed by atoms with Crippen LogP contribution in [0.15, 0.2) is 29.2 Å². The van der Waals surface area contributed by atoms with Crippen molar-refractivity contribution in [3.63, 3.8) is 0 Å². The van der Waals surface area contributed by atoms with Gasteiger partial charge in [0, 0.05) is 25.7 Å². The molecule has 2 heterocycles. The lowest BCUT2D eigenvalue weighted by molar-refractivity contribution is -0.127. The van der Waals surface area contributed by atoms with Crippen LogP contribution in [0.3, 0.4) is 0 Å². The van der Waals surface area contributed by atoms with Crippen LogP contribution in [0.1, 0.15) is 26.2 Å². The molecule has 8 heteroatoms. The molecule has 2 saturated heterocycles. The summed E-state index contributed by atoms with van der Waals surface area (Å²) in [6, 6.07) is 4.89. The monoisotopic (exact) mass is 383 g/mol. The van der Waals surface area contributed by atoms with Gasteiger partial charge in [0.25, 0.3) is 0 Å². The predicted molar refractivity (Wildman–Crippen MR) is 96.5 cm³/mol. The number of sulfonamides is 1. The molecule has 6 nitrogen and oxygen atoms in total. The second kappa shape index (κ2) is 8.02. The molecule has 1 amide bonds. The smallest absolute Gasteiger partial charge is 0.243 e. The lowest BCUT2D eigenvalue weighted by Gasteiger charge is -2.34. The summed E-state index contributed by atoms with van der Waals surface area (Å²) in [5, 5.41) is 6.37. The molecule has 0 spiro atoms. The van der Waals surface area contributed by atoms with Gasteiger partial charge in [-0.15, -0.1) is 0 Å². The Morgan fingerprint density at radius 3 is 2.69 bits per heavy atom. The quantitative estimate of drug-likeness (QED) is 0.823. The number of rotatable bonds is 4. The molecule has 3 atom stereocenters.